The van der Waals surface area contributed by atoms with Crippen molar-refractivity contribution < 1.29 is 4.79 Å². The van der Waals surface area contributed by atoms with Gasteiger partial charge in [-0.05, 0) is 64.6 Å². The zero-order valence-corrected chi connectivity index (χ0v) is 13.1. The summed E-state index contributed by atoms with van der Waals surface area (Å²) in [5.41, 5.74) is 2.03. The van der Waals surface area contributed by atoms with Crippen LogP contribution in [0.15, 0.2) is 24.3 Å². The molecule has 1 atom stereocenters. The molecule has 0 spiro atoms. The molecule has 1 saturated heterocycles. The maximum Gasteiger partial charge on any atom is 0.319 e. The second-order valence-corrected chi connectivity index (χ2v) is 5.81. The number of hydrogen-bond acceptors (Lipinski definition) is 3. The Morgan fingerprint density at radius 1 is 1.24 bits per heavy atom. The highest BCUT2D eigenvalue weighted by Gasteiger charge is 2.18. The molecule has 1 fully saturated rings. The number of nitrogens with zero attached hydrogens (tertiary/aromatic N) is 1. The molecule has 2 amide bonds. The number of benzene rings is 1. The lowest BCUT2D eigenvalue weighted by Gasteiger charge is -2.29. The maximum atomic E-state index is 12.0. The molecule has 1 unspecified atom stereocenters. The molecule has 5 heteroatoms. The van der Waals surface area contributed by atoms with Crippen LogP contribution in [0.1, 0.15) is 31.4 Å². The lowest BCUT2D eigenvalue weighted by atomic mass is 10.1. The second-order valence-electron chi connectivity index (χ2n) is 5.81. The van der Waals surface area contributed by atoms with Crippen molar-refractivity contribution in [2.75, 3.05) is 32.5 Å². The Morgan fingerprint density at radius 2 is 1.86 bits per heavy atom. The van der Waals surface area contributed by atoms with Crippen molar-refractivity contribution in [2.24, 2.45) is 0 Å². The first kappa shape index (κ1) is 15.8. The predicted molar refractivity (Wildman–Crippen MR) is 86.6 cm³/mol. The Balaban J connectivity index is 1.82. The Kier molecular flexibility index (Phi) is 5.59. The van der Waals surface area contributed by atoms with Gasteiger partial charge in [0.25, 0.3) is 0 Å². The number of rotatable bonds is 4. The van der Waals surface area contributed by atoms with Gasteiger partial charge in [-0.1, -0.05) is 12.1 Å². The van der Waals surface area contributed by atoms with E-state index in [-0.39, 0.29) is 12.1 Å². The van der Waals surface area contributed by atoms with Gasteiger partial charge >= 0.3 is 6.03 Å². The van der Waals surface area contributed by atoms with E-state index < -0.39 is 0 Å². The molecule has 1 aromatic rings. The van der Waals surface area contributed by atoms with Crippen LogP contribution in [-0.4, -0.2) is 44.2 Å². The minimum atomic E-state index is -0.112. The number of urea groups is 1. The number of carbonyl (C=O) groups is 1. The zero-order chi connectivity index (χ0) is 15.2. The molecule has 0 radical (unpaired) electrons. The van der Waals surface area contributed by atoms with Crippen molar-refractivity contribution in [3.8, 4) is 0 Å². The lowest BCUT2D eigenvalue weighted by Crippen LogP contribution is -2.44. The summed E-state index contributed by atoms with van der Waals surface area (Å²) in [5, 5.41) is 9.14. The monoisotopic (exact) mass is 290 g/mol. The van der Waals surface area contributed by atoms with Crippen molar-refractivity contribution >= 4 is 11.7 Å². The van der Waals surface area contributed by atoms with Crippen LogP contribution >= 0.6 is 0 Å². The minimum absolute atomic E-state index is 0.112. The van der Waals surface area contributed by atoms with Gasteiger partial charge in [0.15, 0.2) is 0 Å². The molecule has 116 valence electrons. The molecule has 1 aliphatic heterocycles. The standard InChI is InChI=1S/C16H26N4O/c1-12(17-2)13-4-6-14(7-5-13)18-16(21)19-15-8-10-20(3)11-9-15/h4-7,12,15,17H,8-11H2,1-3H3,(H2,18,19,21). The molecule has 0 aliphatic carbocycles. The van der Waals surface area contributed by atoms with E-state index in [4.69, 9.17) is 0 Å². The molecular weight excluding hydrogens is 264 g/mol. The van der Waals surface area contributed by atoms with Crippen LogP contribution in [0.2, 0.25) is 0 Å². The number of hydrogen-bond donors (Lipinski definition) is 3. The third-order valence-electron chi connectivity index (χ3n) is 4.16. The van der Waals surface area contributed by atoms with E-state index in [1.165, 1.54) is 5.56 Å². The van der Waals surface area contributed by atoms with Gasteiger partial charge in [-0.15, -0.1) is 0 Å². The topological polar surface area (TPSA) is 56.4 Å². The van der Waals surface area contributed by atoms with Gasteiger partial charge in [-0.25, -0.2) is 4.79 Å². The fraction of sp³-hybridized carbons (Fsp3) is 0.562. The van der Waals surface area contributed by atoms with Crippen LogP contribution in [0, 0.1) is 0 Å². The predicted octanol–water partition coefficient (Wildman–Crippen LogP) is 2.18. The van der Waals surface area contributed by atoms with Gasteiger partial charge in [-0.3, -0.25) is 0 Å². The SMILES string of the molecule is CNC(C)c1ccc(NC(=O)NC2CCN(C)CC2)cc1. The number of piperidine rings is 1. The molecule has 1 heterocycles. The van der Waals surface area contributed by atoms with Crippen molar-refractivity contribution in [3.05, 3.63) is 29.8 Å². The molecule has 5 nitrogen and oxygen atoms in total. The fourth-order valence-corrected chi connectivity index (χ4v) is 2.53. The number of nitrogens with one attached hydrogen (secondary N) is 3. The number of anilines is 1. The molecular formula is C16H26N4O. The minimum Gasteiger partial charge on any atom is -0.335 e. The summed E-state index contributed by atoms with van der Waals surface area (Å²) in [6.45, 7) is 4.19. The first-order valence-corrected chi connectivity index (χ1v) is 7.62. The summed E-state index contributed by atoms with van der Waals surface area (Å²) in [7, 11) is 4.05. The average Bonchev–Trinajstić information content (AvgIpc) is 2.49. The van der Waals surface area contributed by atoms with E-state index in [9.17, 15) is 4.79 Å². The van der Waals surface area contributed by atoms with E-state index in [1.54, 1.807) is 0 Å². The molecule has 0 aromatic heterocycles. The van der Waals surface area contributed by atoms with Gasteiger partial charge in [0.05, 0.1) is 0 Å². The van der Waals surface area contributed by atoms with E-state index >= 15 is 0 Å². The van der Waals surface area contributed by atoms with E-state index in [1.807, 2.05) is 31.3 Å². The first-order valence-electron chi connectivity index (χ1n) is 7.62. The summed E-state index contributed by atoms with van der Waals surface area (Å²) < 4.78 is 0. The Hall–Kier alpha value is -1.59. The van der Waals surface area contributed by atoms with Crippen LogP contribution in [0.4, 0.5) is 10.5 Å². The Bertz CT molecular complexity index is 452. The van der Waals surface area contributed by atoms with E-state index in [2.05, 4.69) is 34.8 Å². The summed E-state index contributed by atoms with van der Waals surface area (Å²) in [6, 6.07) is 8.43. The van der Waals surface area contributed by atoms with Gasteiger partial charge in [0, 0.05) is 17.8 Å². The normalized spacial score (nSPS) is 18.2. The fourth-order valence-electron chi connectivity index (χ4n) is 2.53. The number of amides is 2. The summed E-state index contributed by atoms with van der Waals surface area (Å²) >= 11 is 0. The average molecular weight is 290 g/mol. The third kappa shape index (κ3) is 4.72. The van der Waals surface area contributed by atoms with Crippen LogP contribution in [0.25, 0.3) is 0 Å². The van der Waals surface area contributed by atoms with Crippen LogP contribution in [0.3, 0.4) is 0 Å². The van der Waals surface area contributed by atoms with Crippen LogP contribution in [0.5, 0.6) is 0 Å². The lowest BCUT2D eigenvalue weighted by molar-refractivity contribution is 0.221. The highest BCUT2D eigenvalue weighted by Crippen LogP contribution is 2.15. The molecule has 0 saturated carbocycles. The van der Waals surface area contributed by atoms with Gasteiger partial charge in [0.2, 0.25) is 0 Å². The quantitative estimate of drug-likeness (QED) is 0.796. The molecule has 3 N–H and O–H groups in total. The van der Waals surface area contributed by atoms with Gasteiger partial charge < -0.3 is 20.9 Å². The molecule has 1 aromatic carbocycles. The van der Waals surface area contributed by atoms with Gasteiger partial charge in [-0.2, -0.15) is 0 Å². The van der Waals surface area contributed by atoms with E-state index in [0.717, 1.165) is 31.6 Å². The first-order chi connectivity index (χ1) is 10.1. The highest BCUT2D eigenvalue weighted by atomic mass is 16.2. The van der Waals surface area contributed by atoms with Crippen molar-refractivity contribution in [2.45, 2.75) is 31.8 Å². The smallest absolute Gasteiger partial charge is 0.319 e. The second kappa shape index (κ2) is 7.43. The Morgan fingerprint density at radius 3 is 2.43 bits per heavy atom. The van der Waals surface area contributed by atoms with E-state index in [0.29, 0.717) is 6.04 Å². The van der Waals surface area contributed by atoms with Crippen molar-refractivity contribution in [1.82, 2.24) is 15.5 Å². The highest BCUT2D eigenvalue weighted by molar-refractivity contribution is 5.89. The maximum absolute atomic E-state index is 12.0. The molecule has 0 bridgehead atoms. The summed E-state index contributed by atoms with van der Waals surface area (Å²) in [4.78, 5) is 14.3. The van der Waals surface area contributed by atoms with Gasteiger partial charge in [0.1, 0.15) is 0 Å². The molecule has 21 heavy (non-hydrogen) atoms. The van der Waals surface area contributed by atoms with Crippen LogP contribution in [-0.2, 0) is 0 Å². The summed E-state index contributed by atoms with van der Waals surface area (Å²) in [6.07, 6.45) is 2.03. The molecule has 1 aliphatic rings. The van der Waals surface area contributed by atoms with Crippen LogP contribution < -0.4 is 16.0 Å². The van der Waals surface area contributed by atoms with Crippen molar-refractivity contribution in [1.29, 1.82) is 0 Å². The number of likely N-dealkylation sites (tertiary alicyclic amines) is 1. The number of carbonyl (C=O) groups excluding carboxylic acids is 1. The molecule has 2 rings (SSSR count). The largest absolute Gasteiger partial charge is 0.335 e. The Labute approximate surface area is 127 Å². The van der Waals surface area contributed by atoms with Crippen molar-refractivity contribution in [3.63, 3.8) is 0 Å². The summed E-state index contributed by atoms with van der Waals surface area (Å²) in [5.74, 6) is 0. The third-order valence-corrected chi connectivity index (χ3v) is 4.16. The zero-order valence-electron chi connectivity index (χ0n) is 13.1.